The summed E-state index contributed by atoms with van der Waals surface area (Å²) in [6, 6.07) is 0.467. The summed E-state index contributed by atoms with van der Waals surface area (Å²) in [5.74, 6) is 2.06. The van der Waals surface area contributed by atoms with Crippen LogP contribution in [0, 0.1) is 0 Å². The number of thioether (sulfide) groups is 1. The van der Waals surface area contributed by atoms with Crippen LogP contribution < -0.4 is 10.6 Å². The van der Waals surface area contributed by atoms with Gasteiger partial charge in [-0.2, -0.15) is 11.8 Å². The standard InChI is InChI=1S/C11H20N4S/c1-9(4-5-16-3)15(2)11-8-13-7-10(6-12)14-11/h7-9H,4-6,12H2,1-3H3. The molecule has 4 nitrogen and oxygen atoms in total. The summed E-state index contributed by atoms with van der Waals surface area (Å²) in [4.78, 5) is 10.8. The van der Waals surface area contributed by atoms with Gasteiger partial charge >= 0.3 is 0 Å². The SMILES string of the molecule is CSCCC(C)N(C)c1cncc(CN)n1. The first-order valence-corrected chi connectivity index (χ1v) is 6.81. The molecule has 0 aliphatic heterocycles. The molecule has 0 bridgehead atoms. The molecule has 0 amide bonds. The van der Waals surface area contributed by atoms with Gasteiger partial charge in [0.2, 0.25) is 0 Å². The zero-order chi connectivity index (χ0) is 12.0. The smallest absolute Gasteiger partial charge is 0.147 e. The van der Waals surface area contributed by atoms with Gasteiger partial charge in [-0.3, -0.25) is 4.98 Å². The molecule has 0 aliphatic carbocycles. The van der Waals surface area contributed by atoms with Crippen LogP contribution in [0.15, 0.2) is 12.4 Å². The highest BCUT2D eigenvalue weighted by atomic mass is 32.2. The molecule has 0 radical (unpaired) electrons. The first kappa shape index (κ1) is 13.3. The lowest BCUT2D eigenvalue weighted by atomic mass is 10.2. The van der Waals surface area contributed by atoms with Crippen LogP contribution in [0.25, 0.3) is 0 Å². The van der Waals surface area contributed by atoms with Crippen LogP contribution in [0.4, 0.5) is 5.82 Å². The number of anilines is 1. The molecule has 5 heteroatoms. The van der Waals surface area contributed by atoms with Crippen molar-refractivity contribution in [2.75, 3.05) is 24.0 Å². The summed E-state index contributed by atoms with van der Waals surface area (Å²) in [5, 5.41) is 0. The molecule has 1 rings (SSSR count). The van der Waals surface area contributed by atoms with Crippen LogP contribution in [0.2, 0.25) is 0 Å². The highest BCUT2D eigenvalue weighted by Crippen LogP contribution is 2.14. The number of hydrogen-bond acceptors (Lipinski definition) is 5. The van der Waals surface area contributed by atoms with Crippen molar-refractivity contribution in [3.05, 3.63) is 18.1 Å². The van der Waals surface area contributed by atoms with Crippen LogP contribution in [-0.4, -0.2) is 35.1 Å². The van der Waals surface area contributed by atoms with Gasteiger partial charge in [0.1, 0.15) is 5.82 Å². The molecule has 1 atom stereocenters. The molecule has 0 saturated carbocycles. The van der Waals surface area contributed by atoms with Crippen molar-refractivity contribution in [2.45, 2.75) is 25.9 Å². The van der Waals surface area contributed by atoms with Gasteiger partial charge in [0.15, 0.2) is 0 Å². The van der Waals surface area contributed by atoms with Crippen molar-refractivity contribution in [3.63, 3.8) is 0 Å². The van der Waals surface area contributed by atoms with Gasteiger partial charge in [0.05, 0.1) is 11.9 Å². The van der Waals surface area contributed by atoms with Crippen molar-refractivity contribution in [1.82, 2.24) is 9.97 Å². The fourth-order valence-electron chi connectivity index (χ4n) is 1.37. The molecule has 1 heterocycles. The van der Waals surface area contributed by atoms with E-state index in [1.807, 2.05) is 11.8 Å². The van der Waals surface area contributed by atoms with Crippen molar-refractivity contribution in [1.29, 1.82) is 0 Å². The molecule has 1 aromatic heterocycles. The Balaban J connectivity index is 2.67. The Labute approximate surface area is 102 Å². The third kappa shape index (κ3) is 3.64. The average molecular weight is 240 g/mol. The maximum atomic E-state index is 5.55. The number of rotatable bonds is 6. The van der Waals surface area contributed by atoms with E-state index < -0.39 is 0 Å². The highest BCUT2D eigenvalue weighted by molar-refractivity contribution is 7.98. The fraction of sp³-hybridized carbons (Fsp3) is 0.636. The molecular weight excluding hydrogens is 220 g/mol. The van der Waals surface area contributed by atoms with E-state index in [1.165, 1.54) is 0 Å². The Kier molecular flexibility index (Phi) is 5.55. The molecule has 1 aromatic rings. The lowest BCUT2D eigenvalue weighted by Crippen LogP contribution is -2.30. The Bertz CT molecular complexity index is 319. The fourth-order valence-corrected chi connectivity index (χ4v) is 1.95. The van der Waals surface area contributed by atoms with Crippen LogP contribution >= 0.6 is 11.8 Å². The maximum absolute atomic E-state index is 5.55. The predicted octanol–water partition coefficient (Wildman–Crippen LogP) is 1.51. The summed E-state index contributed by atoms with van der Waals surface area (Å²) < 4.78 is 0. The molecule has 0 spiro atoms. The van der Waals surface area contributed by atoms with E-state index in [4.69, 9.17) is 5.73 Å². The van der Waals surface area contributed by atoms with Crippen LogP contribution in [0.1, 0.15) is 19.0 Å². The lowest BCUT2D eigenvalue weighted by Gasteiger charge is -2.25. The topological polar surface area (TPSA) is 55.0 Å². The molecule has 16 heavy (non-hydrogen) atoms. The summed E-state index contributed by atoms with van der Waals surface area (Å²) in [6.45, 7) is 2.64. The van der Waals surface area contributed by atoms with E-state index in [2.05, 4.69) is 35.1 Å². The largest absolute Gasteiger partial charge is 0.356 e. The zero-order valence-corrected chi connectivity index (χ0v) is 11.0. The van der Waals surface area contributed by atoms with Crippen molar-refractivity contribution < 1.29 is 0 Å². The number of hydrogen-bond donors (Lipinski definition) is 1. The third-order valence-electron chi connectivity index (χ3n) is 2.64. The van der Waals surface area contributed by atoms with Gasteiger partial charge in [-0.05, 0) is 25.4 Å². The minimum Gasteiger partial charge on any atom is -0.356 e. The van der Waals surface area contributed by atoms with Gasteiger partial charge in [0.25, 0.3) is 0 Å². The van der Waals surface area contributed by atoms with E-state index >= 15 is 0 Å². The first-order valence-electron chi connectivity index (χ1n) is 5.41. The summed E-state index contributed by atoms with van der Waals surface area (Å²) in [5.41, 5.74) is 6.39. The Morgan fingerprint density at radius 3 is 2.88 bits per heavy atom. The van der Waals surface area contributed by atoms with E-state index in [1.54, 1.807) is 12.4 Å². The maximum Gasteiger partial charge on any atom is 0.147 e. The normalized spacial score (nSPS) is 12.5. The Morgan fingerprint density at radius 1 is 1.50 bits per heavy atom. The van der Waals surface area contributed by atoms with E-state index in [0.717, 1.165) is 23.7 Å². The second-order valence-corrected chi connectivity index (χ2v) is 4.80. The van der Waals surface area contributed by atoms with Gasteiger partial charge in [-0.1, -0.05) is 0 Å². The predicted molar refractivity (Wildman–Crippen MR) is 70.8 cm³/mol. The van der Waals surface area contributed by atoms with Crippen molar-refractivity contribution >= 4 is 17.6 Å². The Morgan fingerprint density at radius 2 is 2.25 bits per heavy atom. The van der Waals surface area contributed by atoms with Crippen LogP contribution in [0.5, 0.6) is 0 Å². The van der Waals surface area contributed by atoms with Gasteiger partial charge in [-0.15, -0.1) is 0 Å². The van der Waals surface area contributed by atoms with E-state index in [-0.39, 0.29) is 0 Å². The molecule has 0 fully saturated rings. The van der Waals surface area contributed by atoms with E-state index in [0.29, 0.717) is 12.6 Å². The van der Waals surface area contributed by atoms with Crippen molar-refractivity contribution in [3.8, 4) is 0 Å². The number of aromatic nitrogens is 2. The molecular formula is C11H20N4S. The molecule has 0 saturated heterocycles. The second kappa shape index (κ2) is 6.70. The van der Waals surface area contributed by atoms with Gasteiger partial charge < -0.3 is 10.6 Å². The van der Waals surface area contributed by atoms with Gasteiger partial charge in [-0.25, -0.2) is 4.98 Å². The summed E-state index contributed by atoms with van der Waals surface area (Å²) >= 11 is 1.87. The zero-order valence-electron chi connectivity index (χ0n) is 10.2. The van der Waals surface area contributed by atoms with Crippen LogP contribution in [-0.2, 0) is 6.54 Å². The minimum atomic E-state index is 0.438. The molecule has 1 unspecified atom stereocenters. The summed E-state index contributed by atoms with van der Waals surface area (Å²) in [6.07, 6.45) is 6.77. The number of nitrogens with two attached hydrogens (primary N) is 1. The number of nitrogens with zero attached hydrogens (tertiary/aromatic N) is 3. The second-order valence-electron chi connectivity index (χ2n) is 3.81. The van der Waals surface area contributed by atoms with Gasteiger partial charge in [0, 0.05) is 25.8 Å². The molecule has 0 aliphatic rings. The van der Waals surface area contributed by atoms with E-state index in [9.17, 15) is 0 Å². The monoisotopic (exact) mass is 240 g/mol. The minimum absolute atomic E-state index is 0.438. The third-order valence-corrected chi connectivity index (χ3v) is 3.29. The quantitative estimate of drug-likeness (QED) is 0.817. The molecule has 2 N–H and O–H groups in total. The first-order chi connectivity index (χ1) is 7.69. The lowest BCUT2D eigenvalue weighted by molar-refractivity contribution is 0.659. The highest BCUT2D eigenvalue weighted by Gasteiger charge is 2.11. The molecule has 0 aromatic carbocycles. The molecule has 90 valence electrons. The van der Waals surface area contributed by atoms with Crippen LogP contribution in [0.3, 0.4) is 0 Å². The Hall–Kier alpha value is -0.810. The average Bonchev–Trinajstić information content (AvgIpc) is 2.35. The van der Waals surface area contributed by atoms with Crippen molar-refractivity contribution in [2.24, 2.45) is 5.73 Å². The summed E-state index contributed by atoms with van der Waals surface area (Å²) in [7, 11) is 2.05.